The first-order valence-corrected chi connectivity index (χ1v) is 9.80. The lowest BCUT2D eigenvalue weighted by Crippen LogP contribution is -2.57. The molecule has 3 saturated heterocycles. The molecule has 150 valence electrons. The third-order valence-corrected chi connectivity index (χ3v) is 5.85. The van der Waals surface area contributed by atoms with Crippen LogP contribution in [-0.2, 0) is 4.74 Å². The summed E-state index contributed by atoms with van der Waals surface area (Å²) in [4.78, 5) is 6.89. The van der Waals surface area contributed by atoms with Crippen LogP contribution in [0.1, 0.15) is 29.4 Å². The van der Waals surface area contributed by atoms with E-state index in [9.17, 15) is 4.39 Å². The van der Waals surface area contributed by atoms with Crippen LogP contribution in [0.25, 0.3) is 10.8 Å². The number of anilines is 2. The summed E-state index contributed by atoms with van der Waals surface area (Å²) in [6.07, 6.45) is 2.94. The van der Waals surface area contributed by atoms with E-state index < -0.39 is 6.17 Å². The highest BCUT2D eigenvalue weighted by Crippen LogP contribution is 2.33. The number of piperidine rings is 1. The number of aromatic nitrogens is 3. The summed E-state index contributed by atoms with van der Waals surface area (Å²) in [5, 5.41) is 13.6. The summed E-state index contributed by atoms with van der Waals surface area (Å²) in [5.74, 6) is 1.17. The first-order chi connectivity index (χ1) is 14.0. The molecule has 2 aromatic heterocycles. The maximum atomic E-state index is 13.9. The molecular weight excluding hydrogens is 371 g/mol. The zero-order valence-corrected chi connectivity index (χ0v) is 16.4. The highest BCUT2D eigenvalue weighted by atomic mass is 19.1. The molecule has 2 unspecified atom stereocenters. The molecule has 0 amide bonds. The fourth-order valence-corrected chi connectivity index (χ4v) is 4.17. The average Bonchev–Trinajstić information content (AvgIpc) is 2.71. The average molecular weight is 394 g/mol. The van der Waals surface area contributed by atoms with Crippen LogP contribution in [0, 0.1) is 19.7 Å². The molecule has 0 radical (unpaired) electrons. The van der Waals surface area contributed by atoms with Gasteiger partial charge in [0.2, 0.25) is 0 Å². The third-order valence-electron chi connectivity index (χ3n) is 5.85. The number of hydrogen-bond acceptors (Lipinski definition) is 7. The van der Waals surface area contributed by atoms with Crippen LogP contribution in [0.2, 0.25) is 0 Å². The fourth-order valence-electron chi connectivity index (χ4n) is 4.17. The van der Waals surface area contributed by atoms with Crippen LogP contribution in [0.3, 0.4) is 0 Å². The first-order valence-electron chi connectivity index (χ1n) is 9.80. The van der Waals surface area contributed by atoms with Crippen molar-refractivity contribution in [3.05, 3.63) is 53.1 Å². The van der Waals surface area contributed by atoms with Crippen LogP contribution < -0.4 is 16.0 Å². The van der Waals surface area contributed by atoms with Gasteiger partial charge < -0.3 is 20.7 Å². The van der Waals surface area contributed by atoms with Crippen LogP contribution in [-0.4, -0.2) is 40.5 Å². The number of rotatable bonds is 4. The smallest absolute Gasteiger partial charge is 0.158 e. The predicted octanol–water partition coefficient (Wildman–Crippen LogP) is 2.83. The van der Waals surface area contributed by atoms with E-state index in [2.05, 4.69) is 25.4 Å². The third kappa shape index (κ3) is 3.18. The van der Waals surface area contributed by atoms with Gasteiger partial charge in [0.1, 0.15) is 17.8 Å². The Morgan fingerprint density at radius 2 is 1.97 bits per heavy atom. The molecule has 8 heteroatoms. The minimum Gasteiger partial charge on any atom is -0.371 e. The van der Waals surface area contributed by atoms with Crippen molar-refractivity contribution in [2.24, 2.45) is 5.73 Å². The number of aryl methyl sites for hydroxylation is 1. The van der Waals surface area contributed by atoms with Crippen LogP contribution >= 0.6 is 0 Å². The Balaban J connectivity index is 1.50. The molecule has 0 saturated carbocycles. The van der Waals surface area contributed by atoms with Crippen molar-refractivity contribution in [1.29, 1.82) is 0 Å². The van der Waals surface area contributed by atoms with Crippen molar-refractivity contribution in [2.75, 3.05) is 23.3 Å². The Bertz CT molecular complexity index is 1070. The van der Waals surface area contributed by atoms with E-state index in [4.69, 9.17) is 10.5 Å². The van der Waals surface area contributed by atoms with Gasteiger partial charge in [0.15, 0.2) is 5.82 Å². The number of pyridine rings is 1. The standard InChI is InChI=1S/C21H23FN6O/c1-11-15(4-3-5-18(11)22)20(23)25-21-16-7-19(24-8-17(16)12(2)26-27-21)28-9-13-6-14(10-28)29-13/h3-5,7-8,13-14,20H,6,9-10,23H2,1-2H3,(H,25,27)/t13?,14?,20-/m0/s1. The number of ether oxygens (including phenoxy) is 1. The highest BCUT2D eigenvalue weighted by molar-refractivity contribution is 5.94. The van der Waals surface area contributed by atoms with Crippen molar-refractivity contribution in [3.8, 4) is 0 Å². The van der Waals surface area contributed by atoms with E-state index in [1.54, 1.807) is 13.0 Å². The summed E-state index contributed by atoms with van der Waals surface area (Å²) in [5.41, 5.74) is 8.34. The van der Waals surface area contributed by atoms with Crippen molar-refractivity contribution < 1.29 is 9.13 Å². The molecule has 3 N–H and O–H groups in total. The molecule has 7 nitrogen and oxygen atoms in total. The summed E-state index contributed by atoms with van der Waals surface area (Å²) >= 11 is 0. The van der Waals surface area contributed by atoms with Gasteiger partial charge in [-0.05, 0) is 37.1 Å². The minimum atomic E-state index is -0.612. The van der Waals surface area contributed by atoms with Gasteiger partial charge in [-0.15, -0.1) is 5.10 Å². The number of hydrogen-bond donors (Lipinski definition) is 2. The Morgan fingerprint density at radius 1 is 1.21 bits per heavy atom. The largest absolute Gasteiger partial charge is 0.371 e. The van der Waals surface area contributed by atoms with Gasteiger partial charge in [0.25, 0.3) is 0 Å². The van der Waals surface area contributed by atoms with E-state index >= 15 is 0 Å². The van der Waals surface area contributed by atoms with Crippen LogP contribution in [0.5, 0.6) is 0 Å². The SMILES string of the molecule is Cc1c(F)cccc1[C@@H](N)Nc1nnc(C)c2cnc(N3CC4CC(C3)O4)cc12. The normalized spacial score (nSPS) is 21.7. The maximum Gasteiger partial charge on any atom is 0.158 e. The fraction of sp³-hybridized carbons (Fsp3) is 0.381. The number of nitrogens with two attached hydrogens (primary N) is 1. The molecule has 1 aromatic carbocycles. The molecule has 3 aliphatic rings. The number of nitrogens with zero attached hydrogens (tertiary/aromatic N) is 4. The zero-order valence-electron chi connectivity index (χ0n) is 16.4. The second-order valence-corrected chi connectivity index (χ2v) is 7.82. The number of benzene rings is 1. The molecule has 5 heterocycles. The Labute approximate surface area is 168 Å². The van der Waals surface area contributed by atoms with Crippen LogP contribution in [0.4, 0.5) is 16.0 Å². The maximum absolute atomic E-state index is 13.9. The molecule has 3 atom stereocenters. The molecule has 2 bridgehead atoms. The minimum absolute atomic E-state index is 0.281. The Kier molecular flexibility index (Phi) is 4.33. The van der Waals surface area contributed by atoms with Crippen molar-refractivity contribution in [2.45, 2.75) is 38.6 Å². The topological polar surface area (TPSA) is 89.2 Å². The summed E-state index contributed by atoms with van der Waals surface area (Å²) < 4.78 is 19.7. The molecule has 3 aliphatic heterocycles. The van der Waals surface area contributed by atoms with Crippen molar-refractivity contribution in [1.82, 2.24) is 15.2 Å². The summed E-state index contributed by atoms with van der Waals surface area (Å²) in [7, 11) is 0. The second-order valence-electron chi connectivity index (χ2n) is 7.82. The molecule has 0 spiro atoms. The molecule has 3 aromatic rings. The molecular formula is C21H23FN6O. The summed E-state index contributed by atoms with van der Waals surface area (Å²) in [6.45, 7) is 5.31. The lowest BCUT2D eigenvalue weighted by Gasteiger charge is -2.47. The van der Waals surface area contributed by atoms with Gasteiger partial charge in [-0.3, -0.25) is 0 Å². The molecule has 0 aliphatic carbocycles. The van der Waals surface area contributed by atoms with Gasteiger partial charge in [0.05, 0.1) is 17.9 Å². The van der Waals surface area contributed by atoms with E-state index in [1.807, 2.05) is 25.3 Å². The van der Waals surface area contributed by atoms with E-state index in [-0.39, 0.29) is 5.82 Å². The van der Waals surface area contributed by atoms with Gasteiger partial charge in [0, 0.05) is 36.5 Å². The van der Waals surface area contributed by atoms with Crippen molar-refractivity contribution in [3.63, 3.8) is 0 Å². The van der Waals surface area contributed by atoms with E-state index in [0.717, 1.165) is 41.8 Å². The quantitative estimate of drug-likeness (QED) is 0.658. The Morgan fingerprint density at radius 3 is 2.72 bits per heavy atom. The first kappa shape index (κ1) is 18.2. The molecule has 29 heavy (non-hydrogen) atoms. The van der Waals surface area contributed by atoms with Gasteiger partial charge in [-0.25, -0.2) is 9.37 Å². The number of halogens is 1. The number of fused-ring (bicyclic) bond motifs is 3. The van der Waals surface area contributed by atoms with Gasteiger partial charge in [-0.2, -0.15) is 5.10 Å². The van der Waals surface area contributed by atoms with Crippen LogP contribution in [0.15, 0.2) is 30.5 Å². The van der Waals surface area contributed by atoms with Crippen molar-refractivity contribution >= 4 is 22.4 Å². The van der Waals surface area contributed by atoms with Gasteiger partial charge >= 0.3 is 0 Å². The summed E-state index contributed by atoms with van der Waals surface area (Å²) in [6, 6.07) is 6.92. The zero-order chi connectivity index (χ0) is 20.1. The van der Waals surface area contributed by atoms with Gasteiger partial charge in [-0.1, -0.05) is 12.1 Å². The van der Waals surface area contributed by atoms with E-state index in [0.29, 0.717) is 29.2 Å². The number of nitrogens with one attached hydrogen (secondary N) is 1. The lowest BCUT2D eigenvalue weighted by atomic mass is 9.99. The second kappa shape index (κ2) is 6.89. The molecule has 3 fully saturated rings. The lowest BCUT2D eigenvalue weighted by molar-refractivity contribution is -0.133. The highest BCUT2D eigenvalue weighted by Gasteiger charge is 2.38. The molecule has 6 rings (SSSR count). The Hall–Kier alpha value is -2.84. The predicted molar refractivity (Wildman–Crippen MR) is 109 cm³/mol. The monoisotopic (exact) mass is 394 g/mol. The van der Waals surface area contributed by atoms with E-state index in [1.165, 1.54) is 6.07 Å². The number of morpholine rings is 1.